The van der Waals surface area contributed by atoms with E-state index in [0.29, 0.717) is 40.8 Å². The van der Waals surface area contributed by atoms with E-state index in [4.69, 9.17) is 30.5 Å². The van der Waals surface area contributed by atoms with Crippen LogP contribution < -0.4 is 18.5 Å². The van der Waals surface area contributed by atoms with Gasteiger partial charge in [0.05, 0.1) is 30.7 Å². The summed E-state index contributed by atoms with van der Waals surface area (Å²) in [5.74, 6) is 1.48. The number of anilines is 1. The maximum atomic E-state index is 14.0. The summed E-state index contributed by atoms with van der Waals surface area (Å²) in [5, 5.41) is 2.21. The number of rotatable bonds is 9. The van der Waals surface area contributed by atoms with Crippen LogP contribution in [0.15, 0.2) is 52.9 Å². The zero-order valence-electron chi connectivity index (χ0n) is 24.8. The van der Waals surface area contributed by atoms with Crippen molar-refractivity contribution in [3.8, 4) is 17.2 Å². The number of benzene rings is 2. The van der Waals surface area contributed by atoms with Crippen LogP contribution in [-0.4, -0.2) is 62.4 Å². The lowest BCUT2D eigenvalue weighted by molar-refractivity contribution is -0.00707. The number of amides is 1. The zero-order valence-corrected chi connectivity index (χ0v) is 27.2. The summed E-state index contributed by atoms with van der Waals surface area (Å²) in [4.78, 5) is 18.9. The highest BCUT2D eigenvalue weighted by Crippen LogP contribution is 2.40. The molecule has 2 aliphatic heterocycles. The molecule has 0 aliphatic carbocycles. The lowest BCUT2D eigenvalue weighted by Crippen LogP contribution is -2.50. The molecule has 232 valence electrons. The number of thiazole rings is 1. The maximum Gasteiger partial charge on any atom is 0.410 e. The van der Waals surface area contributed by atoms with Gasteiger partial charge in [-0.3, -0.25) is 0 Å². The second kappa shape index (κ2) is 12.4. The number of piperidine rings is 1. The van der Waals surface area contributed by atoms with Gasteiger partial charge in [0.1, 0.15) is 29.0 Å². The van der Waals surface area contributed by atoms with Crippen molar-refractivity contribution in [2.45, 2.75) is 81.7 Å². The Morgan fingerprint density at radius 2 is 1.79 bits per heavy atom. The molecule has 13 heteroatoms. The van der Waals surface area contributed by atoms with Crippen LogP contribution in [0.4, 0.5) is 9.93 Å². The fourth-order valence-electron chi connectivity index (χ4n) is 5.61. The van der Waals surface area contributed by atoms with Gasteiger partial charge >= 0.3 is 6.09 Å². The molecule has 0 N–H and O–H groups in total. The minimum atomic E-state index is -4.08. The summed E-state index contributed by atoms with van der Waals surface area (Å²) in [6.07, 6.45) is 4.18. The summed E-state index contributed by atoms with van der Waals surface area (Å²) in [7, 11) is -1.01. The molecule has 2 atom stereocenters. The van der Waals surface area contributed by atoms with Crippen molar-refractivity contribution in [2.24, 2.45) is 0 Å². The number of hydrogen-bond donors (Lipinski definition) is 0. The molecule has 2 bridgehead atoms. The van der Waals surface area contributed by atoms with Crippen molar-refractivity contribution in [2.75, 3.05) is 18.5 Å². The van der Waals surface area contributed by atoms with Crippen LogP contribution in [0, 0.1) is 0 Å². The van der Waals surface area contributed by atoms with Crippen molar-refractivity contribution < 1.29 is 32.2 Å². The van der Waals surface area contributed by atoms with Gasteiger partial charge in [-0.2, -0.15) is 0 Å². The number of carbonyl (C=O) groups is 1. The monoisotopic (exact) mass is 649 g/mol. The van der Waals surface area contributed by atoms with Gasteiger partial charge in [-0.25, -0.2) is 22.5 Å². The van der Waals surface area contributed by atoms with Crippen LogP contribution in [0.2, 0.25) is 5.02 Å². The highest BCUT2D eigenvalue weighted by molar-refractivity contribution is 7.93. The molecule has 3 heterocycles. The second-order valence-electron chi connectivity index (χ2n) is 11.6. The van der Waals surface area contributed by atoms with Gasteiger partial charge in [0.2, 0.25) is 0 Å². The number of halogens is 1. The molecule has 2 fully saturated rings. The summed E-state index contributed by atoms with van der Waals surface area (Å²) in [6.45, 7) is 5.57. The average Bonchev–Trinajstić information content (AvgIpc) is 3.58. The first-order chi connectivity index (χ1) is 20.4. The number of ether oxygens (including phenoxy) is 4. The first-order valence-electron chi connectivity index (χ1n) is 14.0. The van der Waals surface area contributed by atoms with Crippen LogP contribution >= 0.6 is 22.9 Å². The number of hydrogen-bond acceptors (Lipinski definition) is 9. The molecule has 0 radical (unpaired) electrons. The average molecular weight is 650 g/mol. The van der Waals surface area contributed by atoms with E-state index in [1.54, 1.807) is 43.0 Å². The molecule has 1 amide bonds. The van der Waals surface area contributed by atoms with Crippen molar-refractivity contribution >= 4 is 44.2 Å². The van der Waals surface area contributed by atoms with Gasteiger partial charge < -0.3 is 23.8 Å². The number of aromatic nitrogens is 1. The molecule has 3 aromatic rings. The summed E-state index contributed by atoms with van der Waals surface area (Å²) in [6, 6.07) is 9.75. The largest absolute Gasteiger partial charge is 0.497 e. The van der Waals surface area contributed by atoms with E-state index >= 15 is 0 Å². The molecule has 43 heavy (non-hydrogen) atoms. The Hall–Kier alpha value is -3.22. The van der Waals surface area contributed by atoms with Crippen molar-refractivity contribution in [3.63, 3.8) is 0 Å². The predicted octanol–water partition coefficient (Wildman–Crippen LogP) is 6.52. The Morgan fingerprint density at radius 3 is 2.37 bits per heavy atom. The highest BCUT2D eigenvalue weighted by atomic mass is 35.5. The molecule has 0 saturated carbocycles. The Labute approximate surface area is 261 Å². The van der Waals surface area contributed by atoms with E-state index in [0.717, 1.165) is 12.8 Å². The van der Waals surface area contributed by atoms with E-state index in [1.807, 2.05) is 25.7 Å². The summed E-state index contributed by atoms with van der Waals surface area (Å²) < 4.78 is 51.9. The molecule has 2 aliphatic rings. The third kappa shape index (κ3) is 6.81. The number of fused-ring (bicyclic) bond motifs is 2. The summed E-state index contributed by atoms with van der Waals surface area (Å²) >= 11 is 7.84. The maximum absolute atomic E-state index is 14.0. The number of methoxy groups -OCH3 is 2. The molecule has 1 aromatic heterocycles. The highest BCUT2D eigenvalue weighted by Gasteiger charge is 2.45. The van der Waals surface area contributed by atoms with Gasteiger partial charge in [-0.1, -0.05) is 11.6 Å². The molecular weight excluding hydrogens is 614 g/mol. The third-order valence-corrected chi connectivity index (χ3v) is 10.5. The van der Waals surface area contributed by atoms with Gasteiger partial charge in [0, 0.05) is 48.1 Å². The van der Waals surface area contributed by atoms with Gasteiger partial charge in [0.25, 0.3) is 10.0 Å². The first-order valence-corrected chi connectivity index (χ1v) is 16.7. The Bertz CT molecular complexity index is 1550. The Kier molecular flexibility index (Phi) is 9.01. The number of nitrogens with zero attached hydrogens (tertiary/aromatic N) is 3. The van der Waals surface area contributed by atoms with Crippen LogP contribution in [0.5, 0.6) is 17.2 Å². The van der Waals surface area contributed by atoms with E-state index < -0.39 is 15.6 Å². The molecule has 2 saturated heterocycles. The van der Waals surface area contributed by atoms with Crippen LogP contribution in [0.3, 0.4) is 0 Å². The molecular formula is C30H36ClN3O7S2. The van der Waals surface area contributed by atoms with E-state index in [2.05, 4.69) is 4.98 Å². The summed E-state index contributed by atoms with van der Waals surface area (Å²) in [5.41, 5.74) is 0.0791. The number of carbonyl (C=O) groups excluding carboxylic acids is 1. The Morgan fingerprint density at radius 1 is 1.07 bits per heavy atom. The van der Waals surface area contributed by atoms with E-state index in [1.165, 1.54) is 34.9 Å². The quantitative estimate of drug-likeness (QED) is 0.258. The fraction of sp³-hybridized carbons (Fsp3) is 0.467. The molecule has 2 aromatic carbocycles. The van der Waals surface area contributed by atoms with Crippen molar-refractivity contribution in [1.82, 2.24) is 9.88 Å². The second-order valence-corrected chi connectivity index (χ2v) is 14.7. The third-order valence-electron chi connectivity index (χ3n) is 7.52. The van der Waals surface area contributed by atoms with E-state index in [-0.39, 0.29) is 40.7 Å². The lowest BCUT2D eigenvalue weighted by atomic mass is 10.00. The SMILES string of the molecule is COc1ccc(CN(c2nccs2)S(=O)(=O)c2ccc(OC3CC4CCC(C3)N4C(=O)OC(C)(C)C)c(Cl)c2)c(OC)c1. The van der Waals surface area contributed by atoms with Gasteiger partial charge in [-0.15, -0.1) is 11.3 Å². The lowest BCUT2D eigenvalue weighted by Gasteiger charge is -2.39. The molecule has 0 spiro atoms. The minimum absolute atomic E-state index is 0.00680. The normalized spacial score (nSPS) is 20.0. The number of sulfonamides is 1. The van der Waals surface area contributed by atoms with Crippen LogP contribution in [0.1, 0.15) is 52.0 Å². The first kappa shape index (κ1) is 31.2. The van der Waals surface area contributed by atoms with Crippen molar-refractivity contribution in [1.29, 1.82) is 0 Å². The smallest absolute Gasteiger partial charge is 0.410 e. The topological polar surface area (TPSA) is 108 Å². The zero-order chi connectivity index (χ0) is 30.9. The van der Waals surface area contributed by atoms with Crippen molar-refractivity contribution in [3.05, 3.63) is 58.6 Å². The molecule has 2 unspecified atom stereocenters. The Balaban J connectivity index is 1.34. The molecule has 10 nitrogen and oxygen atoms in total. The standard InChI is InChI=1S/C30H36ClN3O7S2/c1-30(2,3)41-29(35)34-20-7-8-21(34)15-23(14-20)40-26-11-10-24(17-25(26)31)43(36,37)33(28-32-12-13-42-28)18-19-6-9-22(38-4)16-27(19)39-5/h6,9-13,16-17,20-21,23H,7-8,14-15,18H2,1-5H3. The van der Waals surface area contributed by atoms with Gasteiger partial charge in [0.15, 0.2) is 5.13 Å². The van der Waals surface area contributed by atoms with Crippen LogP contribution in [0.25, 0.3) is 0 Å². The minimum Gasteiger partial charge on any atom is -0.497 e. The fourth-order valence-corrected chi connectivity index (χ4v) is 8.20. The molecule has 5 rings (SSSR count). The predicted molar refractivity (Wildman–Crippen MR) is 165 cm³/mol. The van der Waals surface area contributed by atoms with E-state index in [9.17, 15) is 13.2 Å². The van der Waals surface area contributed by atoms with Gasteiger partial charge in [-0.05, 0) is 63.9 Å². The van der Waals surface area contributed by atoms with Crippen LogP contribution in [-0.2, 0) is 21.3 Å².